The number of rotatable bonds is 7. The number of carbonyl (C=O) groups is 1. The smallest absolute Gasteiger partial charge is 0.293 e. The molecular weight excluding hydrogens is 360 g/mol. The van der Waals surface area contributed by atoms with Gasteiger partial charge in [0.1, 0.15) is 18.0 Å². The molecule has 11 heteroatoms. The zero-order chi connectivity index (χ0) is 18.5. The zero-order valence-corrected chi connectivity index (χ0v) is 14.5. The second-order valence-electron chi connectivity index (χ2n) is 5.31. The number of hydrogen-bond donors (Lipinski definition) is 1. The highest BCUT2D eigenvalue weighted by Gasteiger charge is 2.17. The van der Waals surface area contributed by atoms with Crippen LogP contribution in [-0.4, -0.2) is 36.8 Å². The number of anilines is 1. The third-order valence-electron chi connectivity index (χ3n) is 3.34. The first kappa shape index (κ1) is 17.6. The number of thioether (sulfide) groups is 1. The van der Waals surface area contributed by atoms with Gasteiger partial charge < -0.3 is 9.73 Å². The van der Waals surface area contributed by atoms with E-state index < -0.39 is 10.8 Å². The minimum absolute atomic E-state index is 0.00353. The van der Waals surface area contributed by atoms with Gasteiger partial charge >= 0.3 is 0 Å². The van der Waals surface area contributed by atoms with Crippen molar-refractivity contribution in [1.82, 2.24) is 20.2 Å². The van der Waals surface area contributed by atoms with E-state index in [-0.39, 0.29) is 17.1 Å². The van der Waals surface area contributed by atoms with E-state index in [0.717, 1.165) is 17.3 Å². The molecule has 0 saturated carbocycles. The molecule has 2 heterocycles. The molecule has 26 heavy (non-hydrogen) atoms. The number of aromatic nitrogens is 4. The molecule has 1 amide bonds. The molecule has 0 atom stereocenters. The number of furan rings is 1. The summed E-state index contributed by atoms with van der Waals surface area (Å²) in [5.41, 5.74) is 0.744. The van der Waals surface area contributed by atoms with E-state index in [4.69, 9.17) is 4.42 Å². The Morgan fingerprint density at radius 3 is 3.00 bits per heavy atom. The lowest BCUT2D eigenvalue weighted by atomic mass is 10.2. The van der Waals surface area contributed by atoms with Crippen LogP contribution in [-0.2, 0) is 11.3 Å². The number of nitro groups is 1. The minimum atomic E-state index is -0.528. The Labute approximate surface area is 151 Å². The molecule has 134 valence electrons. The first-order chi connectivity index (χ1) is 12.5. The van der Waals surface area contributed by atoms with E-state index in [1.807, 2.05) is 0 Å². The SMILES string of the molecule is Cc1ccc(NC(=O)CSc2nnnn2Cc2ccco2)c([N+](=O)[O-])c1. The topological polar surface area (TPSA) is 129 Å². The van der Waals surface area contributed by atoms with E-state index in [9.17, 15) is 14.9 Å². The van der Waals surface area contributed by atoms with Crippen molar-refractivity contribution in [3.63, 3.8) is 0 Å². The Hall–Kier alpha value is -3.21. The lowest BCUT2D eigenvalue weighted by Crippen LogP contribution is -2.16. The van der Waals surface area contributed by atoms with Gasteiger partial charge in [-0.2, -0.15) is 0 Å². The van der Waals surface area contributed by atoms with Crippen LogP contribution in [0.15, 0.2) is 46.2 Å². The van der Waals surface area contributed by atoms with E-state index in [1.54, 1.807) is 31.4 Å². The van der Waals surface area contributed by atoms with Crippen molar-refractivity contribution in [2.45, 2.75) is 18.6 Å². The number of benzene rings is 1. The fraction of sp³-hybridized carbons (Fsp3) is 0.200. The van der Waals surface area contributed by atoms with Crippen molar-refractivity contribution in [2.24, 2.45) is 0 Å². The molecule has 0 aliphatic carbocycles. The summed E-state index contributed by atoms with van der Waals surface area (Å²) >= 11 is 1.12. The third kappa shape index (κ3) is 4.25. The molecule has 1 N–H and O–H groups in total. The lowest BCUT2D eigenvalue weighted by Gasteiger charge is -2.06. The van der Waals surface area contributed by atoms with Gasteiger partial charge in [0.2, 0.25) is 11.1 Å². The fourth-order valence-electron chi connectivity index (χ4n) is 2.16. The van der Waals surface area contributed by atoms with Gasteiger partial charge in [-0.3, -0.25) is 14.9 Å². The number of amides is 1. The van der Waals surface area contributed by atoms with Crippen LogP contribution < -0.4 is 5.32 Å². The average Bonchev–Trinajstić information content (AvgIpc) is 3.27. The van der Waals surface area contributed by atoms with Crippen molar-refractivity contribution in [3.05, 3.63) is 58.0 Å². The molecule has 0 aliphatic heterocycles. The monoisotopic (exact) mass is 374 g/mol. The van der Waals surface area contributed by atoms with Gasteiger partial charge in [0.25, 0.3) is 5.69 Å². The second-order valence-corrected chi connectivity index (χ2v) is 6.26. The highest BCUT2D eigenvalue weighted by Crippen LogP contribution is 2.25. The van der Waals surface area contributed by atoms with Gasteiger partial charge in [0.05, 0.1) is 16.9 Å². The number of tetrazole rings is 1. The van der Waals surface area contributed by atoms with Crippen LogP contribution in [0.3, 0.4) is 0 Å². The highest BCUT2D eigenvalue weighted by molar-refractivity contribution is 7.99. The van der Waals surface area contributed by atoms with Gasteiger partial charge in [0.15, 0.2) is 0 Å². The summed E-state index contributed by atoms with van der Waals surface area (Å²) in [5, 5.41) is 25.4. The average molecular weight is 374 g/mol. The van der Waals surface area contributed by atoms with Gasteiger partial charge in [-0.25, -0.2) is 4.68 Å². The molecule has 0 spiro atoms. The van der Waals surface area contributed by atoms with Crippen LogP contribution in [0.5, 0.6) is 0 Å². The fourth-order valence-corrected chi connectivity index (χ4v) is 2.84. The molecule has 0 bridgehead atoms. The van der Waals surface area contributed by atoms with Crippen LogP contribution in [0.25, 0.3) is 0 Å². The van der Waals surface area contributed by atoms with Crippen LogP contribution >= 0.6 is 11.8 Å². The number of aryl methyl sites for hydroxylation is 1. The Bertz CT molecular complexity index is 924. The second kappa shape index (κ2) is 7.78. The zero-order valence-electron chi connectivity index (χ0n) is 13.7. The summed E-state index contributed by atoms with van der Waals surface area (Å²) < 4.78 is 6.75. The standard InChI is InChI=1S/C15H14N6O4S/c1-10-4-5-12(13(7-10)21(23)24)16-14(22)9-26-15-17-18-19-20(15)8-11-3-2-6-25-11/h2-7H,8-9H2,1H3,(H,16,22). The molecule has 0 aliphatic rings. The molecule has 0 fully saturated rings. The minimum Gasteiger partial charge on any atom is -0.467 e. The normalized spacial score (nSPS) is 10.7. The Balaban J connectivity index is 1.62. The Morgan fingerprint density at radius 1 is 1.42 bits per heavy atom. The van der Waals surface area contributed by atoms with Gasteiger partial charge in [-0.15, -0.1) is 5.10 Å². The largest absolute Gasteiger partial charge is 0.467 e. The molecule has 1 aromatic carbocycles. The Morgan fingerprint density at radius 2 is 2.27 bits per heavy atom. The molecule has 3 rings (SSSR count). The lowest BCUT2D eigenvalue weighted by molar-refractivity contribution is -0.384. The summed E-state index contributed by atoms with van der Waals surface area (Å²) in [4.78, 5) is 22.7. The maximum Gasteiger partial charge on any atom is 0.293 e. The van der Waals surface area contributed by atoms with Gasteiger partial charge in [0, 0.05) is 6.07 Å². The number of carbonyl (C=O) groups excluding carboxylic acids is 1. The number of nitrogens with one attached hydrogen (secondary N) is 1. The highest BCUT2D eigenvalue weighted by atomic mass is 32.2. The van der Waals surface area contributed by atoms with Crippen molar-refractivity contribution in [2.75, 3.05) is 11.1 Å². The van der Waals surface area contributed by atoms with Crippen LogP contribution in [0.2, 0.25) is 0 Å². The molecule has 0 radical (unpaired) electrons. The van der Waals surface area contributed by atoms with Gasteiger partial charge in [-0.05, 0) is 41.1 Å². The summed E-state index contributed by atoms with van der Waals surface area (Å²) in [7, 11) is 0. The van der Waals surface area contributed by atoms with E-state index >= 15 is 0 Å². The number of nitrogens with zero attached hydrogens (tertiary/aromatic N) is 5. The summed E-state index contributed by atoms with van der Waals surface area (Å²) in [6.07, 6.45) is 1.55. The molecule has 10 nitrogen and oxygen atoms in total. The van der Waals surface area contributed by atoms with E-state index in [1.165, 1.54) is 16.8 Å². The predicted octanol–water partition coefficient (Wildman–Crippen LogP) is 2.26. The summed E-state index contributed by atoms with van der Waals surface area (Å²) in [6.45, 7) is 2.08. The Kier molecular flexibility index (Phi) is 5.27. The van der Waals surface area contributed by atoms with Gasteiger partial charge in [-0.1, -0.05) is 17.8 Å². The molecular formula is C15H14N6O4S. The van der Waals surface area contributed by atoms with Crippen molar-refractivity contribution < 1.29 is 14.1 Å². The van der Waals surface area contributed by atoms with Crippen molar-refractivity contribution in [1.29, 1.82) is 0 Å². The van der Waals surface area contributed by atoms with Crippen LogP contribution in [0, 0.1) is 17.0 Å². The third-order valence-corrected chi connectivity index (χ3v) is 4.30. The maximum absolute atomic E-state index is 12.1. The summed E-state index contributed by atoms with van der Waals surface area (Å²) in [6, 6.07) is 8.16. The van der Waals surface area contributed by atoms with E-state index in [0.29, 0.717) is 17.5 Å². The first-order valence-corrected chi connectivity index (χ1v) is 8.48. The summed E-state index contributed by atoms with van der Waals surface area (Å²) in [5.74, 6) is 0.289. The van der Waals surface area contributed by atoms with Crippen LogP contribution in [0.1, 0.15) is 11.3 Å². The first-order valence-electron chi connectivity index (χ1n) is 7.49. The molecule has 0 saturated heterocycles. The predicted molar refractivity (Wildman–Crippen MR) is 92.8 cm³/mol. The number of nitro benzene ring substituents is 1. The van der Waals surface area contributed by atoms with Crippen molar-refractivity contribution >= 4 is 29.0 Å². The maximum atomic E-state index is 12.1. The van der Waals surface area contributed by atoms with Crippen LogP contribution in [0.4, 0.5) is 11.4 Å². The quantitative estimate of drug-likeness (QED) is 0.379. The molecule has 2 aromatic heterocycles. The molecule has 3 aromatic rings. The number of hydrogen-bond acceptors (Lipinski definition) is 8. The van der Waals surface area contributed by atoms with Crippen molar-refractivity contribution in [3.8, 4) is 0 Å². The molecule has 0 unspecified atom stereocenters. The van der Waals surface area contributed by atoms with E-state index in [2.05, 4.69) is 20.8 Å².